The third kappa shape index (κ3) is 3.68. The number of benzene rings is 1. The van der Waals surface area contributed by atoms with E-state index in [-0.39, 0.29) is 0 Å². The number of hydrogen-bond acceptors (Lipinski definition) is 5. The second-order valence-corrected chi connectivity index (χ2v) is 11.1. The van der Waals surface area contributed by atoms with Crippen molar-refractivity contribution in [2.75, 3.05) is 68.7 Å². The lowest BCUT2D eigenvalue weighted by Gasteiger charge is -2.61. The van der Waals surface area contributed by atoms with Gasteiger partial charge in [-0.3, -0.25) is 4.79 Å². The Morgan fingerprint density at radius 1 is 0.943 bits per heavy atom. The molecule has 2 aromatic heterocycles. The molecule has 7 rings (SSSR count). The first-order valence-electron chi connectivity index (χ1n) is 13.2. The smallest absolute Gasteiger partial charge is 0.225 e. The molecule has 7 heteroatoms. The molecule has 1 amide bonds. The highest BCUT2D eigenvalue weighted by molar-refractivity contribution is 5.82. The van der Waals surface area contributed by atoms with Crippen molar-refractivity contribution in [3.05, 3.63) is 48.8 Å². The average molecular weight is 471 g/mol. The summed E-state index contributed by atoms with van der Waals surface area (Å²) in [6.07, 6.45) is 6.17. The maximum atomic E-state index is 12.4. The summed E-state index contributed by atoms with van der Waals surface area (Å²) in [5, 5.41) is 4.58. The van der Waals surface area contributed by atoms with Crippen LogP contribution in [0.15, 0.2) is 48.8 Å². The highest BCUT2D eigenvalue weighted by atomic mass is 16.2. The standard InChI is InChI=1S/C28H34N6O/c1-2-30-17-28(18-30)19-33(20-28)24-7-5-21(6-8-24)23-15-26-25(9-10-29-34(26)16-23)31-11-13-32(14-12-31)27(35)22-3-4-22/h5-10,15-16,22H,2-4,11-14,17-20H2,1H3. The van der Waals surface area contributed by atoms with Gasteiger partial charge in [-0.25, -0.2) is 4.52 Å². The summed E-state index contributed by atoms with van der Waals surface area (Å²) in [5.41, 5.74) is 6.62. The maximum absolute atomic E-state index is 12.4. The molecule has 3 aromatic rings. The van der Waals surface area contributed by atoms with Crippen LogP contribution in [0.5, 0.6) is 0 Å². The summed E-state index contributed by atoms with van der Waals surface area (Å²) >= 11 is 0. The molecule has 1 aliphatic carbocycles. The zero-order valence-electron chi connectivity index (χ0n) is 20.6. The Labute approximate surface area is 206 Å². The topological polar surface area (TPSA) is 47.3 Å². The van der Waals surface area contributed by atoms with Gasteiger partial charge in [-0.2, -0.15) is 5.10 Å². The van der Waals surface area contributed by atoms with Crippen LogP contribution in [0, 0.1) is 11.3 Å². The van der Waals surface area contributed by atoms with E-state index >= 15 is 0 Å². The first-order chi connectivity index (χ1) is 17.1. The molecule has 0 N–H and O–H groups in total. The monoisotopic (exact) mass is 470 g/mol. The quantitative estimate of drug-likeness (QED) is 0.573. The van der Waals surface area contributed by atoms with Gasteiger partial charge in [-0.05, 0) is 49.2 Å². The van der Waals surface area contributed by atoms with Gasteiger partial charge >= 0.3 is 0 Å². The number of rotatable bonds is 5. The highest BCUT2D eigenvalue weighted by Crippen LogP contribution is 2.42. The van der Waals surface area contributed by atoms with Gasteiger partial charge < -0.3 is 19.6 Å². The van der Waals surface area contributed by atoms with E-state index in [1.165, 1.54) is 55.2 Å². The van der Waals surface area contributed by atoms with Crippen molar-refractivity contribution in [1.82, 2.24) is 19.4 Å². The Morgan fingerprint density at radius 3 is 2.37 bits per heavy atom. The Bertz CT molecular complexity index is 1240. The van der Waals surface area contributed by atoms with Crippen LogP contribution in [0.25, 0.3) is 16.6 Å². The summed E-state index contributed by atoms with van der Waals surface area (Å²) in [7, 11) is 0. The van der Waals surface area contributed by atoms with Crippen LogP contribution >= 0.6 is 0 Å². The van der Waals surface area contributed by atoms with Crippen molar-refractivity contribution in [3.8, 4) is 11.1 Å². The molecule has 1 saturated carbocycles. The van der Waals surface area contributed by atoms with Crippen molar-refractivity contribution in [2.45, 2.75) is 19.8 Å². The van der Waals surface area contributed by atoms with E-state index in [2.05, 4.69) is 74.2 Å². The first-order valence-corrected chi connectivity index (χ1v) is 13.2. The normalized spacial score (nSPS) is 21.9. The number of aromatic nitrogens is 2. The zero-order valence-corrected chi connectivity index (χ0v) is 20.6. The Balaban J connectivity index is 1.05. The predicted molar refractivity (Wildman–Crippen MR) is 139 cm³/mol. The largest absolute Gasteiger partial charge is 0.370 e. The second-order valence-electron chi connectivity index (χ2n) is 11.1. The lowest BCUT2D eigenvalue weighted by atomic mass is 9.72. The maximum Gasteiger partial charge on any atom is 0.225 e. The van der Waals surface area contributed by atoms with E-state index in [1.807, 2.05) is 10.7 Å². The highest BCUT2D eigenvalue weighted by Gasteiger charge is 2.51. The molecule has 182 valence electrons. The van der Waals surface area contributed by atoms with Crippen LogP contribution in [0.3, 0.4) is 0 Å². The van der Waals surface area contributed by atoms with Crippen LogP contribution < -0.4 is 9.80 Å². The molecule has 35 heavy (non-hydrogen) atoms. The van der Waals surface area contributed by atoms with Gasteiger partial charge in [-0.15, -0.1) is 0 Å². The summed E-state index contributed by atoms with van der Waals surface area (Å²) < 4.78 is 2.00. The number of hydrogen-bond donors (Lipinski definition) is 0. The lowest BCUT2D eigenvalue weighted by molar-refractivity contribution is -0.132. The molecule has 0 atom stereocenters. The Morgan fingerprint density at radius 2 is 1.69 bits per heavy atom. The number of amides is 1. The summed E-state index contributed by atoms with van der Waals surface area (Å²) in [4.78, 5) is 21.9. The SMILES string of the molecule is CCN1CC2(C1)CN(c1ccc(-c3cc4c(N5CCN(C(=O)C6CC6)CC5)ccnn4c3)cc1)C2. The molecule has 4 aliphatic rings. The van der Waals surface area contributed by atoms with Crippen molar-refractivity contribution < 1.29 is 4.79 Å². The van der Waals surface area contributed by atoms with Crippen molar-refractivity contribution in [2.24, 2.45) is 11.3 Å². The fraction of sp³-hybridized carbons (Fsp3) is 0.500. The Hall–Kier alpha value is -3.06. The molecule has 3 saturated heterocycles. The Kier molecular flexibility index (Phi) is 4.85. The third-order valence-corrected chi connectivity index (χ3v) is 8.53. The van der Waals surface area contributed by atoms with Crippen molar-refractivity contribution in [3.63, 3.8) is 0 Å². The van der Waals surface area contributed by atoms with E-state index in [4.69, 9.17) is 0 Å². The second kappa shape index (κ2) is 7.98. The molecule has 0 bridgehead atoms. The molecular formula is C28H34N6O. The molecule has 5 heterocycles. The van der Waals surface area contributed by atoms with E-state index in [0.717, 1.165) is 44.5 Å². The summed E-state index contributed by atoms with van der Waals surface area (Å²) in [6, 6.07) is 13.4. The van der Waals surface area contributed by atoms with Crippen molar-refractivity contribution in [1.29, 1.82) is 0 Å². The number of carbonyl (C=O) groups is 1. The fourth-order valence-corrected chi connectivity index (χ4v) is 6.32. The first kappa shape index (κ1) is 21.2. The van der Waals surface area contributed by atoms with Crippen LogP contribution in [-0.4, -0.2) is 84.2 Å². The van der Waals surface area contributed by atoms with E-state index < -0.39 is 0 Å². The number of anilines is 2. The fourth-order valence-electron chi connectivity index (χ4n) is 6.32. The van der Waals surface area contributed by atoms with Gasteiger partial charge in [-0.1, -0.05) is 19.1 Å². The van der Waals surface area contributed by atoms with Gasteiger partial charge in [0, 0.05) is 87.3 Å². The number of nitrogens with zero attached hydrogens (tertiary/aromatic N) is 6. The summed E-state index contributed by atoms with van der Waals surface area (Å²) in [5.74, 6) is 0.669. The number of likely N-dealkylation sites (tertiary alicyclic amines) is 1. The lowest BCUT2D eigenvalue weighted by Crippen LogP contribution is -2.72. The molecule has 4 fully saturated rings. The summed E-state index contributed by atoms with van der Waals surface area (Å²) in [6.45, 7) is 11.7. The van der Waals surface area contributed by atoms with Gasteiger partial charge in [0.1, 0.15) is 0 Å². The van der Waals surface area contributed by atoms with Crippen LogP contribution in [-0.2, 0) is 4.79 Å². The van der Waals surface area contributed by atoms with Gasteiger partial charge in [0.15, 0.2) is 0 Å². The van der Waals surface area contributed by atoms with E-state index in [0.29, 0.717) is 17.2 Å². The zero-order chi connectivity index (χ0) is 23.6. The van der Waals surface area contributed by atoms with Crippen LogP contribution in [0.4, 0.5) is 11.4 Å². The molecule has 1 spiro atoms. The van der Waals surface area contributed by atoms with Crippen LogP contribution in [0.1, 0.15) is 19.8 Å². The molecule has 3 aliphatic heterocycles. The molecule has 7 nitrogen and oxygen atoms in total. The minimum atomic E-state index is 0.306. The number of fused-ring (bicyclic) bond motifs is 1. The predicted octanol–water partition coefficient (Wildman–Crippen LogP) is 3.20. The van der Waals surface area contributed by atoms with Gasteiger partial charge in [0.25, 0.3) is 0 Å². The number of carbonyl (C=O) groups excluding carboxylic acids is 1. The molecule has 0 radical (unpaired) electrons. The molecule has 0 unspecified atom stereocenters. The van der Waals surface area contributed by atoms with Crippen molar-refractivity contribution >= 4 is 22.8 Å². The minimum absolute atomic E-state index is 0.306. The van der Waals surface area contributed by atoms with E-state index in [9.17, 15) is 4.79 Å². The third-order valence-electron chi connectivity index (χ3n) is 8.53. The number of piperazine rings is 1. The van der Waals surface area contributed by atoms with Crippen LogP contribution in [0.2, 0.25) is 0 Å². The molecule has 1 aromatic carbocycles. The minimum Gasteiger partial charge on any atom is -0.370 e. The van der Waals surface area contributed by atoms with Gasteiger partial charge in [0.05, 0.1) is 11.2 Å². The average Bonchev–Trinajstić information content (AvgIpc) is 3.60. The van der Waals surface area contributed by atoms with Gasteiger partial charge in [0.2, 0.25) is 5.91 Å². The van der Waals surface area contributed by atoms with E-state index in [1.54, 1.807) is 0 Å². The molecular weight excluding hydrogens is 436 g/mol.